The molecule has 84 valence electrons. The van der Waals surface area contributed by atoms with Gasteiger partial charge in [-0.25, -0.2) is 0 Å². The molecule has 0 aromatic heterocycles. The van der Waals surface area contributed by atoms with Crippen LogP contribution in [0.3, 0.4) is 0 Å². The Morgan fingerprint density at radius 1 is 0.857 bits per heavy atom. The lowest BCUT2D eigenvalue weighted by Gasteiger charge is -2.28. The molecule has 0 heterocycles. The molecular formula is C6H5F7O. The van der Waals surface area contributed by atoms with Crippen LogP contribution in [0.4, 0.5) is 30.7 Å². The van der Waals surface area contributed by atoms with E-state index < -0.39 is 18.2 Å². The highest BCUT2D eigenvalue weighted by molar-refractivity contribution is 4.88. The van der Waals surface area contributed by atoms with E-state index in [9.17, 15) is 30.7 Å². The molecule has 8 heteroatoms. The molecule has 0 aliphatic rings. The van der Waals surface area contributed by atoms with Crippen molar-refractivity contribution < 1.29 is 35.5 Å². The van der Waals surface area contributed by atoms with Gasteiger partial charge in [0.1, 0.15) is 0 Å². The van der Waals surface area contributed by atoms with Gasteiger partial charge in [0, 0.05) is 0 Å². The summed E-state index contributed by atoms with van der Waals surface area (Å²) in [4.78, 5) is 0. The van der Waals surface area contributed by atoms with Crippen LogP contribution in [0, 0.1) is 0 Å². The van der Waals surface area contributed by atoms with Crippen molar-refractivity contribution >= 4 is 0 Å². The van der Waals surface area contributed by atoms with Crippen molar-refractivity contribution in [1.29, 1.82) is 0 Å². The van der Waals surface area contributed by atoms with Crippen LogP contribution in [0.2, 0.25) is 0 Å². The van der Waals surface area contributed by atoms with Gasteiger partial charge >= 0.3 is 18.2 Å². The molecule has 0 amide bonds. The van der Waals surface area contributed by atoms with Crippen LogP contribution in [0.25, 0.3) is 0 Å². The Labute approximate surface area is 74.1 Å². The second-order valence-electron chi connectivity index (χ2n) is 2.18. The number of allylic oxidation sites excluding steroid dienone is 1. The van der Waals surface area contributed by atoms with E-state index in [2.05, 4.69) is 4.74 Å². The second-order valence-corrected chi connectivity index (χ2v) is 2.18. The van der Waals surface area contributed by atoms with E-state index >= 15 is 0 Å². The van der Waals surface area contributed by atoms with E-state index in [4.69, 9.17) is 0 Å². The third-order valence-corrected chi connectivity index (χ3v) is 1.10. The molecule has 0 bridgehead atoms. The van der Waals surface area contributed by atoms with Crippen molar-refractivity contribution in [3.8, 4) is 0 Å². The van der Waals surface area contributed by atoms with Gasteiger partial charge in [0.25, 0.3) is 0 Å². The lowest BCUT2D eigenvalue weighted by molar-refractivity contribution is -0.417. The highest BCUT2D eigenvalue weighted by Gasteiger charge is 2.75. The number of halogens is 7. The van der Waals surface area contributed by atoms with Gasteiger partial charge in [-0.2, -0.15) is 30.7 Å². The summed E-state index contributed by atoms with van der Waals surface area (Å²) in [5, 5.41) is 0. The Morgan fingerprint density at radius 3 is 1.43 bits per heavy atom. The average molecular weight is 226 g/mol. The van der Waals surface area contributed by atoms with Gasteiger partial charge in [-0.3, -0.25) is 0 Å². The predicted molar refractivity (Wildman–Crippen MR) is 31.8 cm³/mol. The normalized spacial score (nSPS) is 14.9. The molecule has 14 heavy (non-hydrogen) atoms. The molecule has 0 rings (SSSR count). The first-order valence-corrected chi connectivity index (χ1v) is 3.17. The number of hydrogen-bond acceptors (Lipinski definition) is 1. The molecule has 0 radical (unpaired) electrons. The van der Waals surface area contributed by atoms with Crippen LogP contribution >= 0.6 is 0 Å². The fourth-order valence-corrected chi connectivity index (χ4v) is 0.456. The minimum absolute atomic E-state index is 0.0129. The molecule has 0 aliphatic carbocycles. The molecule has 1 nitrogen and oxygen atoms in total. The SMILES string of the molecule is C/C=C/OC(F)(C(F)(F)F)C(F)(F)F. The molecule has 0 aromatic carbocycles. The van der Waals surface area contributed by atoms with E-state index in [1.165, 1.54) is 0 Å². The van der Waals surface area contributed by atoms with Crippen LogP contribution in [-0.2, 0) is 4.74 Å². The lowest BCUT2D eigenvalue weighted by atomic mass is 10.3. The Kier molecular flexibility index (Phi) is 3.41. The third kappa shape index (κ3) is 2.30. The standard InChI is InChI=1S/C6H5F7O/c1-2-3-14-4(7,5(8,9)10)6(11,12)13/h2-3H,1H3/b3-2+. The smallest absolute Gasteiger partial charge is 0.452 e. The maximum atomic E-state index is 12.5. The Hall–Kier alpha value is -0.950. The number of alkyl halides is 7. The van der Waals surface area contributed by atoms with E-state index in [0.717, 1.165) is 6.92 Å². The second kappa shape index (κ2) is 3.66. The predicted octanol–water partition coefficient (Wildman–Crippen LogP) is 3.33. The average Bonchev–Trinajstić information content (AvgIpc) is 1.95. The van der Waals surface area contributed by atoms with Gasteiger partial charge in [0.05, 0.1) is 6.26 Å². The molecule has 0 aromatic rings. The van der Waals surface area contributed by atoms with E-state index in [-0.39, 0.29) is 6.26 Å². The Bertz CT molecular complexity index is 199. The molecule has 0 saturated carbocycles. The summed E-state index contributed by atoms with van der Waals surface area (Å²) >= 11 is 0. The van der Waals surface area contributed by atoms with Crippen molar-refractivity contribution in [2.24, 2.45) is 0 Å². The van der Waals surface area contributed by atoms with Crippen molar-refractivity contribution in [3.63, 3.8) is 0 Å². The van der Waals surface area contributed by atoms with E-state index in [1.54, 1.807) is 0 Å². The maximum Gasteiger partial charge on any atom is 0.470 e. The highest BCUT2D eigenvalue weighted by atomic mass is 19.4. The first kappa shape index (κ1) is 13.0. The van der Waals surface area contributed by atoms with Gasteiger partial charge in [-0.1, -0.05) is 6.08 Å². The largest absolute Gasteiger partial charge is 0.470 e. The first-order chi connectivity index (χ1) is 6.06. The van der Waals surface area contributed by atoms with Crippen LogP contribution in [0.1, 0.15) is 6.92 Å². The molecule has 0 atom stereocenters. The van der Waals surface area contributed by atoms with Crippen molar-refractivity contribution in [1.82, 2.24) is 0 Å². The quantitative estimate of drug-likeness (QED) is 0.518. The number of rotatable bonds is 2. The topological polar surface area (TPSA) is 9.23 Å². The molecule has 0 spiro atoms. The summed E-state index contributed by atoms with van der Waals surface area (Å²) in [6, 6.07) is 0. The minimum atomic E-state index is -6.18. The Balaban J connectivity index is 5.07. The zero-order chi connectivity index (χ0) is 11.6. The van der Waals surface area contributed by atoms with Crippen LogP contribution in [0.15, 0.2) is 12.3 Å². The van der Waals surface area contributed by atoms with Crippen LogP contribution in [-0.4, -0.2) is 18.2 Å². The summed E-state index contributed by atoms with van der Waals surface area (Å²) in [6.07, 6.45) is -11.7. The molecule has 0 unspecified atom stereocenters. The van der Waals surface area contributed by atoms with Gasteiger partial charge in [-0.05, 0) is 6.92 Å². The van der Waals surface area contributed by atoms with Crippen molar-refractivity contribution in [3.05, 3.63) is 12.3 Å². The Morgan fingerprint density at radius 2 is 1.21 bits per heavy atom. The van der Waals surface area contributed by atoms with Gasteiger partial charge < -0.3 is 4.74 Å². The number of hydrogen-bond donors (Lipinski definition) is 0. The molecule has 0 fully saturated rings. The van der Waals surface area contributed by atoms with Gasteiger partial charge in [0.15, 0.2) is 0 Å². The zero-order valence-electron chi connectivity index (χ0n) is 6.71. The van der Waals surface area contributed by atoms with Gasteiger partial charge in [0.2, 0.25) is 0 Å². The monoisotopic (exact) mass is 226 g/mol. The third-order valence-electron chi connectivity index (χ3n) is 1.10. The summed E-state index contributed by atoms with van der Waals surface area (Å²) in [6.45, 7) is 1.08. The van der Waals surface area contributed by atoms with Gasteiger partial charge in [-0.15, -0.1) is 0 Å². The van der Waals surface area contributed by atoms with E-state index in [0.29, 0.717) is 6.08 Å². The van der Waals surface area contributed by atoms with Crippen LogP contribution < -0.4 is 0 Å². The summed E-state index contributed by atoms with van der Waals surface area (Å²) in [7, 11) is 0. The molecule has 0 saturated heterocycles. The molecule has 0 N–H and O–H groups in total. The summed E-state index contributed by atoms with van der Waals surface area (Å²) in [5.41, 5.74) is 0. The highest BCUT2D eigenvalue weighted by Crippen LogP contribution is 2.46. The summed E-state index contributed by atoms with van der Waals surface area (Å²) < 4.78 is 85.5. The minimum Gasteiger partial charge on any atom is -0.452 e. The number of ether oxygens (including phenoxy) is 1. The fraction of sp³-hybridized carbons (Fsp3) is 0.667. The lowest BCUT2D eigenvalue weighted by Crippen LogP contribution is -2.54. The molecular weight excluding hydrogens is 221 g/mol. The fourth-order valence-electron chi connectivity index (χ4n) is 0.456. The summed E-state index contributed by atoms with van der Waals surface area (Å²) in [5.74, 6) is -5.66. The van der Waals surface area contributed by atoms with E-state index in [1.807, 2.05) is 0 Å². The maximum absolute atomic E-state index is 12.5. The first-order valence-electron chi connectivity index (χ1n) is 3.17. The van der Waals surface area contributed by atoms with Crippen molar-refractivity contribution in [2.75, 3.05) is 0 Å². The molecule has 0 aliphatic heterocycles. The van der Waals surface area contributed by atoms with Crippen LogP contribution in [0.5, 0.6) is 0 Å². The zero-order valence-corrected chi connectivity index (χ0v) is 6.71. The van der Waals surface area contributed by atoms with Crippen molar-refractivity contribution in [2.45, 2.75) is 25.1 Å².